The van der Waals surface area contributed by atoms with E-state index in [0.29, 0.717) is 31.2 Å². The summed E-state index contributed by atoms with van der Waals surface area (Å²) in [5, 5.41) is 9.74. The molecule has 1 N–H and O–H groups in total. The van der Waals surface area contributed by atoms with Crippen molar-refractivity contribution >= 4 is 11.9 Å². The van der Waals surface area contributed by atoms with Gasteiger partial charge in [0.05, 0.1) is 0 Å². The zero-order chi connectivity index (χ0) is 14.6. The summed E-state index contributed by atoms with van der Waals surface area (Å²) in [6.07, 6.45) is 3.94. The van der Waals surface area contributed by atoms with Gasteiger partial charge in [-0.2, -0.15) is 0 Å². The molecule has 1 rings (SSSR count). The molecule has 0 saturated heterocycles. The fourth-order valence-corrected chi connectivity index (χ4v) is 3.31. The molecule has 2 unspecified atom stereocenters. The van der Waals surface area contributed by atoms with Crippen LogP contribution in [0.25, 0.3) is 0 Å². The van der Waals surface area contributed by atoms with Crippen molar-refractivity contribution in [2.45, 2.75) is 65.3 Å². The van der Waals surface area contributed by atoms with Crippen molar-refractivity contribution in [3.63, 3.8) is 0 Å². The maximum absolute atomic E-state index is 11.9. The van der Waals surface area contributed by atoms with Crippen molar-refractivity contribution in [1.82, 2.24) is 4.90 Å². The normalized spacial score (nSPS) is 27.3. The van der Waals surface area contributed by atoms with Crippen LogP contribution in [0.5, 0.6) is 0 Å². The Kier molecular flexibility index (Phi) is 5.39. The fraction of sp³-hybridized carbons (Fsp3) is 0.867. The molecule has 1 fully saturated rings. The first-order chi connectivity index (χ1) is 8.85. The smallest absolute Gasteiger partial charge is 0.329 e. The first-order valence-corrected chi connectivity index (χ1v) is 7.36. The molecular formula is C15H27NO3. The lowest BCUT2D eigenvalue weighted by Crippen LogP contribution is -2.59. The average molecular weight is 269 g/mol. The molecule has 110 valence electrons. The highest BCUT2D eigenvalue weighted by atomic mass is 16.4. The van der Waals surface area contributed by atoms with E-state index in [0.717, 1.165) is 19.3 Å². The molecule has 1 amide bonds. The molecule has 0 radical (unpaired) electrons. The molecule has 4 nitrogen and oxygen atoms in total. The molecule has 0 aromatic carbocycles. The third kappa shape index (κ3) is 3.28. The highest BCUT2D eigenvalue weighted by molar-refractivity contribution is 5.86. The van der Waals surface area contributed by atoms with Crippen molar-refractivity contribution in [3.05, 3.63) is 0 Å². The van der Waals surface area contributed by atoms with Crippen LogP contribution in [-0.4, -0.2) is 34.0 Å². The van der Waals surface area contributed by atoms with Crippen LogP contribution in [0.15, 0.2) is 0 Å². The number of carbonyl (C=O) groups is 2. The van der Waals surface area contributed by atoms with Gasteiger partial charge in [-0.15, -0.1) is 0 Å². The van der Waals surface area contributed by atoms with Crippen LogP contribution >= 0.6 is 0 Å². The van der Waals surface area contributed by atoms with E-state index in [1.807, 2.05) is 6.92 Å². The second-order valence-electron chi connectivity index (χ2n) is 6.11. The number of amides is 1. The molecule has 2 atom stereocenters. The molecule has 0 aromatic heterocycles. The summed E-state index contributed by atoms with van der Waals surface area (Å²) in [7, 11) is 0. The molecule has 0 aliphatic heterocycles. The fourth-order valence-electron chi connectivity index (χ4n) is 3.31. The van der Waals surface area contributed by atoms with Crippen molar-refractivity contribution < 1.29 is 14.7 Å². The van der Waals surface area contributed by atoms with E-state index in [1.165, 1.54) is 6.92 Å². The van der Waals surface area contributed by atoms with Crippen LogP contribution in [0.4, 0.5) is 0 Å². The van der Waals surface area contributed by atoms with E-state index < -0.39 is 11.5 Å². The third-order valence-corrected chi connectivity index (χ3v) is 4.45. The minimum absolute atomic E-state index is 0.117. The zero-order valence-electron chi connectivity index (χ0n) is 12.6. The van der Waals surface area contributed by atoms with Crippen molar-refractivity contribution in [1.29, 1.82) is 0 Å². The predicted octanol–water partition coefficient (Wildman–Crippen LogP) is 2.91. The maximum Gasteiger partial charge on any atom is 0.329 e. The quantitative estimate of drug-likeness (QED) is 0.835. The van der Waals surface area contributed by atoms with Crippen molar-refractivity contribution in [3.8, 4) is 0 Å². The van der Waals surface area contributed by atoms with Gasteiger partial charge in [0.2, 0.25) is 5.91 Å². The Balaban J connectivity index is 3.07. The lowest BCUT2D eigenvalue weighted by atomic mass is 9.70. The van der Waals surface area contributed by atoms with Crippen molar-refractivity contribution in [2.24, 2.45) is 11.8 Å². The highest BCUT2D eigenvalue weighted by Gasteiger charge is 2.48. The standard InChI is InChI=1S/C15H27NO3/c1-5-9-16(12(4)17)15(14(18)19)8-6-7-13(10-15)11(2)3/h11,13H,5-10H2,1-4H3,(H,18,19). The minimum atomic E-state index is -0.977. The summed E-state index contributed by atoms with van der Waals surface area (Å²) in [4.78, 5) is 25.4. The Hall–Kier alpha value is -1.06. The van der Waals surface area contributed by atoms with Gasteiger partial charge in [-0.05, 0) is 37.5 Å². The van der Waals surface area contributed by atoms with Crippen LogP contribution in [0.1, 0.15) is 59.8 Å². The van der Waals surface area contributed by atoms with Crippen LogP contribution in [0.3, 0.4) is 0 Å². The minimum Gasteiger partial charge on any atom is -0.479 e. The summed E-state index contributed by atoms with van der Waals surface area (Å²) >= 11 is 0. The van der Waals surface area contributed by atoms with Gasteiger partial charge in [-0.3, -0.25) is 4.79 Å². The second kappa shape index (κ2) is 6.40. The van der Waals surface area contributed by atoms with Gasteiger partial charge >= 0.3 is 5.97 Å². The molecular weight excluding hydrogens is 242 g/mol. The van der Waals surface area contributed by atoms with Gasteiger partial charge in [0.25, 0.3) is 0 Å². The largest absolute Gasteiger partial charge is 0.479 e. The molecule has 1 saturated carbocycles. The Morgan fingerprint density at radius 3 is 2.47 bits per heavy atom. The number of rotatable bonds is 5. The van der Waals surface area contributed by atoms with Crippen LogP contribution < -0.4 is 0 Å². The van der Waals surface area contributed by atoms with E-state index in [1.54, 1.807) is 4.90 Å². The van der Waals surface area contributed by atoms with E-state index in [-0.39, 0.29) is 5.91 Å². The molecule has 1 aliphatic carbocycles. The predicted molar refractivity (Wildman–Crippen MR) is 74.8 cm³/mol. The zero-order valence-corrected chi connectivity index (χ0v) is 12.6. The highest BCUT2D eigenvalue weighted by Crippen LogP contribution is 2.40. The third-order valence-electron chi connectivity index (χ3n) is 4.45. The summed E-state index contributed by atoms with van der Waals surface area (Å²) in [6, 6.07) is 0. The summed E-state index contributed by atoms with van der Waals surface area (Å²) < 4.78 is 0. The molecule has 0 aromatic rings. The molecule has 0 heterocycles. The van der Waals surface area contributed by atoms with Crippen LogP contribution in [-0.2, 0) is 9.59 Å². The number of nitrogens with zero attached hydrogens (tertiary/aromatic N) is 1. The van der Waals surface area contributed by atoms with E-state index in [4.69, 9.17) is 0 Å². The van der Waals surface area contributed by atoms with Gasteiger partial charge in [0.15, 0.2) is 0 Å². The SMILES string of the molecule is CCCN(C(C)=O)C1(C(=O)O)CCCC(C(C)C)C1. The Morgan fingerprint density at radius 2 is 2.05 bits per heavy atom. The van der Waals surface area contributed by atoms with E-state index >= 15 is 0 Å². The monoisotopic (exact) mass is 269 g/mol. The molecule has 4 heteroatoms. The van der Waals surface area contributed by atoms with Gasteiger partial charge < -0.3 is 10.0 Å². The summed E-state index contributed by atoms with van der Waals surface area (Å²) in [5.74, 6) is -0.0897. The average Bonchev–Trinajstić information content (AvgIpc) is 2.35. The molecule has 0 spiro atoms. The number of hydrogen-bond donors (Lipinski definition) is 1. The van der Waals surface area contributed by atoms with Gasteiger partial charge in [0, 0.05) is 13.5 Å². The number of carboxylic acids is 1. The molecule has 0 bridgehead atoms. The number of hydrogen-bond acceptors (Lipinski definition) is 2. The molecule has 1 aliphatic rings. The Labute approximate surface area is 116 Å². The number of carboxylic acid groups (broad SMARTS) is 1. The Morgan fingerprint density at radius 1 is 1.42 bits per heavy atom. The number of carbonyl (C=O) groups excluding carboxylic acids is 1. The van der Waals surface area contributed by atoms with Gasteiger partial charge in [-0.25, -0.2) is 4.79 Å². The van der Waals surface area contributed by atoms with E-state index in [2.05, 4.69) is 13.8 Å². The van der Waals surface area contributed by atoms with Gasteiger partial charge in [0.1, 0.15) is 5.54 Å². The first kappa shape index (κ1) is 16.0. The lowest BCUT2D eigenvalue weighted by molar-refractivity contribution is -0.163. The maximum atomic E-state index is 11.9. The van der Waals surface area contributed by atoms with E-state index in [9.17, 15) is 14.7 Å². The van der Waals surface area contributed by atoms with Crippen molar-refractivity contribution in [2.75, 3.05) is 6.54 Å². The summed E-state index contributed by atoms with van der Waals surface area (Å²) in [6.45, 7) is 8.28. The summed E-state index contributed by atoms with van der Waals surface area (Å²) in [5.41, 5.74) is -0.977. The topological polar surface area (TPSA) is 57.6 Å². The molecule has 19 heavy (non-hydrogen) atoms. The lowest BCUT2D eigenvalue weighted by Gasteiger charge is -2.46. The van der Waals surface area contributed by atoms with Crippen LogP contribution in [0.2, 0.25) is 0 Å². The van der Waals surface area contributed by atoms with Gasteiger partial charge in [-0.1, -0.05) is 27.2 Å². The second-order valence-corrected chi connectivity index (χ2v) is 6.11. The Bertz CT molecular complexity index is 340. The first-order valence-electron chi connectivity index (χ1n) is 7.36. The number of aliphatic carboxylic acids is 1. The van der Waals surface area contributed by atoms with Crippen LogP contribution in [0, 0.1) is 11.8 Å².